The van der Waals surface area contributed by atoms with Crippen LogP contribution in [0, 0.1) is 0 Å². The minimum Gasteiger partial charge on any atom is -0.456 e. The molecule has 2 aliphatic rings. The van der Waals surface area contributed by atoms with Crippen molar-refractivity contribution in [2.45, 2.75) is 0 Å². The van der Waals surface area contributed by atoms with Crippen molar-refractivity contribution in [2.75, 3.05) is 0 Å². The molecule has 0 fully saturated rings. The van der Waals surface area contributed by atoms with Crippen LogP contribution in [0.2, 0.25) is 0 Å². The van der Waals surface area contributed by atoms with Gasteiger partial charge in [0.15, 0.2) is 0 Å². The molecule has 2 aliphatic heterocycles. The maximum atomic E-state index is 6.73. The van der Waals surface area contributed by atoms with Gasteiger partial charge in [0.25, 0.3) is 0 Å². The van der Waals surface area contributed by atoms with Crippen LogP contribution < -0.4 is 10.9 Å². The van der Waals surface area contributed by atoms with E-state index in [0.29, 0.717) is 0 Å². The van der Waals surface area contributed by atoms with Gasteiger partial charge in [-0.2, -0.15) is 0 Å². The predicted molar refractivity (Wildman–Crippen MR) is 198 cm³/mol. The molecule has 0 saturated heterocycles. The molecule has 0 aliphatic carbocycles. The summed E-state index contributed by atoms with van der Waals surface area (Å²) < 4.78 is 17.4. The molecule has 210 valence electrons. The molecule has 3 nitrogen and oxygen atoms in total. The summed E-state index contributed by atoms with van der Waals surface area (Å²) in [6.07, 6.45) is 0. The Balaban J connectivity index is 1.36. The van der Waals surface area contributed by atoms with Crippen molar-refractivity contribution >= 4 is 125 Å². The third-order valence-electron chi connectivity index (χ3n) is 10.7. The first-order chi connectivity index (χ1) is 22.8. The quantitative estimate of drug-likeness (QED) is 0.155. The molecular formula is C40H19BN2OS2. The average Bonchev–Trinajstić information content (AvgIpc) is 3.89. The number of furan rings is 1. The molecule has 5 aromatic heterocycles. The van der Waals surface area contributed by atoms with E-state index >= 15 is 0 Å². The van der Waals surface area contributed by atoms with E-state index in [-0.39, 0.29) is 6.85 Å². The van der Waals surface area contributed by atoms with E-state index in [1.165, 1.54) is 101 Å². The van der Waals surface area contributed by atoms with Crippen molar-refractivity contribution in [3.63, 3.8) is 0 Å². The fraction of sp³-hybridized carbons (Fsp3) is 0. The molecule has 0 amide bonds. The van der Waals surface area contributed by atoms with Crippen molar-refractivity contribution < 1.29 is 4.42 Å². The first kappa shape index (κ1) is 23.1. The van der Waals surface area contributed by atoms with E-state index in [9.17, 15) is 0 Å². The highest BCUT2D eigenvalue weighted by Crippen LogP contribution is 2.51. The van der Waals surface area contributed by atoms with Crippen LogP contribution in [0.5, 0.6) is 0 Å². The number of benzene rings is 6. The standard InChI is InChI=1S/C40H19BN2OS2/c1-4-16-28-20(9-1)32-29(44-28)19-27-34-33(32)23-12-7-13-24-35(23)43(38-22-11-3-6-18-31(22)46-40(24)38)41(34)26-15-8-14-25-36(26)42(27)37-21-10-2-5-17-30(21)45-39(25)37/h1-19H. The molecular weight excluding hydrogens is 599 g/mol. The number of hydrogen-bond donors (Lipinski definition) is 0. The third-order valence-corrected chi connectivity index (χ3v) is 13.1. The predicted octanol–water partition coefficient (Wildman–Crippen LogP) is 10.2. The summed E-state index contributed by atoms with van der Waals surface area (Å²) in [5.74, 6) is 0. The molecule has 0 saturated carbocycles. The molecule has 6 aromatic carbocycles. The van der Waals surface area contributed by atoms with E-state index < -0.39 is 0 Å². The topological polar surface area (TPSA) is 23.0 Å². The van der Waals surface area contributed by atoms with Crippen LogP contribution >= 0.6 is 22.7 Å². The number of para-hydroxylation sites is 3. The molecule has 0 radical (unpaired) electrons. The van der Waals surface area contributed by atoms with E-state index in [4.69, 9.17) is 4.42 Å². The van der Waals surface area contributed by atoms with Gasteiger partial charge in [0, 0.05) is 64.6 Å². The highest BCUT2D eigenvalue weighted by atomic mass is 32.1. The van der Waals surface area contributed by atoms with Crippen LogP contribution in [0.25, 0.3) is 101 Å². The maximum Gasteiger partial charge on any atom is 0.333 e. The Bertz CT molecular complexity index is 3220. The Hall–Kier alpha value is -5.30. The summed E-state index contributed by atoms with van der Waals surface area (Å²) >= 11 is 3.84. The van der Waals surface area contributed by atoms with Crippen LogP contribution in [0.15, 0.2) is 120 Å². The van der Waals surface area contributed by atoms with Gasteiger partial charge in [0.2, 0.25) is 0 Å². The zero-order valence-electron chi connectivity index (χ0n) is 24.2. The summed E-state index contributed by atoms with van der Waals surface area (Å²) in [6, 6.07) is 42.7. The van der Waals surface area contributed by atoms with Crippen LogP contribution in [-0.2, 0) is 0 Å². The summed E-state index contributed by atoms with van der Waals surface area (Å²) in [5.41, 5.74) is 13.8. The molecule has 13 rings (SSSR count). The second-order valence-corrected chi connectivity index (χ2v) is 14.9. The third kappa shape index (κ3) is 2.39. The van der Waals surface area contributed by atoms with E-state index in [1.807, 2.05) is 22.7 Å². The smallest absolute Gasteiger partial charge is 0.333 e. The Morgan fingerprint density at radius 3 is 2.02 bits per heavy atom. The normalized spacial score (nSPS) is 13.6. The lowest BCUT2D eigenvalue weighted by molar-refractivity contribution is 0.669. The van der Waals surface area contributed by atoms with Gasteiger partial charge in [0.1, 0.15) is 11.2 Å². The maximum absolute atomic E-state index is 6.73. The Morgan fingerprint density at radius 2 is 1.20 bits per heavy atom. The molecule has 0 bridgehead atoms. The number of thiophene rings is 2. The molecule has 6 heteroatoms. The molecule has 0 atom stereocenters. The Kier molecular flexibility index (Phi) is 3.80. The van der Waals surface area contributed by atoms with Gasteiger partial charge >= 0.3 is 6.85 Å². The fourth-order valence-electron chi connectivity index (χ4n) is 9.07. The lowest BCUT2D eigenvalue weighted by Gasteiger charge is -2.34. The van der Waals surface area contributed by atoms with Gasteiger partial charge in [-0.1, -0.05) is 91.0 Å². The summed E-state index contributed by atoms with van der Waals surface area (Å²) in [4.78, 5) is 0. The Morgan fingerprint density at radius 1 is 0.543 bits per heavy atom. The summed E-state index contributed by atoms with van der Waals surface area (Å²) in [7, 11) is 0. The Labute approximate surface area is 269 Å². The largest absolute Gasteiger partial charge is 0.456 e. The number of fused-ring (bicyclic) bond motifs is 18. The van der Waals surface area contributed by atoms with Crippen LogP contribution in [-0.4, -0.2) is 15.9 Å². The second kappa shape index (κ2) is 7.56. The molecule has 0 unspecified atom stereocenters. The average molecular weight is 619 g/mol. The minimum absolute atomic E-state index is 0.0300. The number of rotatable bonds is 0. The van der Waals surface area contributed by atoms with Crippen LogP contribution in [0.4, 0.5) is 0 Å². The van der Waals surface area contributed by atoms with Crippen molar-refractivity contribution in [1.82, 2.24) is 9.05 Å². The molecule has 7 heterocycles. The number of nitrogens with zero attached hydrogens (tertiary/aromatic N) is 2. The molecule has 0 N–H and O–H groups in total. The highest BCUT2D eigenvalue weighted by Gasteiger charge is 2.43. The minimum atomic E-state index is 0.0300. The zero-order valence-corrected chi connectivity index (χ0v) is 25.8. The fourth-order valence-corrected chi connectivity index (χ4v) is 11.5. The number of aromatic nitrogens is 2. The van der Waals surface area contributed by atoms with Gasteiger partial charge in [-0.25, -0.2) is 0 Å². The first-order valence-corrected chi connectivity index (χ1v) is 17.4. The number of hydrogen-bond acceptors (Lipinski definition) is 3. The lowest BCUT2D eigenvalue weighted by Crippen LogP contribution is -2.55. The molecule has 11 aromatic rings. The molecule has 0 spiro atoms. The van der Waals surface area contributed by atoms with Gasteiger partial charge in [0.05, 0.1) is 25.9 Å². The first-order valence-electron chi connectivity index (χ1n) is 15.7. The monoisotopic (exact) mass is 618 g/mol. The van der Waals surface area contributed by atoms with E-state index in [1.54, 1.807) is 0 Å². The lowest BCUT2D eigenvalue weighted by atomic mass is 9.45. The van der Waals surface area contributed by atoms with E-state index in [2.05, 4.69) is 124 Å². The van der Waals surface area contributed by atoms with Crippen LogP contribution in [0.3, 0.4) is 0 Å². The second-order valence-electron chi connectivity index (χ2n) is 12.8. The van der Waals surface area contributed by atoms with Crippen molar-refractivity contribution in [3.8, 4) is 16.8 Å². The molecule has 46 heavy (non-hydrogen) atoms. The van der Waals surface area contributed by atoms with Crippen molar-refractivity contribution in [3.05, 3.63) is 115 Å². The van der Waals surface area contributed by atoms with Crippen molar-refractivity contribution in [1.29, 1.82) is 0 Å². The highest BCUT2D eigenvalue weighted by molar-refractivity contribution is 7.27. The zero-order chi connectivity index (χ0) is 29.4. The van der Waals surface area contributed by atoms with Gasteiger partial charge in [-0.05, 0) is 34.7 Å². The van der Waals surface area contributed by atoms with Crippen LogP contribution in [0.1, 0.15) is 0 Å². The van der Waals surface area contributed by atoms with Gasteiger partial charge in [-0.3, -0.25) is 0 Å². The van der Waals surface area contributed by atoms with Gasteiger partial charge < -0.3 is 13.5 Å². The summed E-state index contributed by atoms with van der Waals surface area (Å²) in [6.45, 7) is 0.0300. The van der Waals surface area contributed by atoms with Crippen molar-refractivity contribution in [2.24, 2.45) is 0 Å². The summed E-state index contributed by atoms with van der Waals surface area (Å²) in [5, 5.41) is 7.73. The van der Waals surface area contributed by atoms with Gasteiger partial charge in [-0.15, -0.1) is 22.7 Å². The van der Waals surface area contributed by atoms with E-state index in [0.717, 1.165) is 11.2 Å². The SMILES string of the molecule is c1ccc2c(c1)oc1cc3c4c(c12)-c1cccc2c5sc6ccccc6c5n(c12)B4c1cccc2c4sc5ccccc5c4n-3c12.